The van der Waals surface area contributed by atoms with Crippen LogP contribution >= 0.6 is 23.2 Å². The zero-order valence-electron chi connectivity index (χ0n) is 17.7. The van der Waals surface area contributed by atoms with Crippen LogP contribution in [0.4, 0.5) is 5.82 Å². The van der Waals surface area contributed by atoms with Crippen molar-refractivity contribution in [3.05, 3.63) is 57.7 Å². The normalized spacial score (nSPS) is 13.9. The molecule has 1 fully saturated rings. The number of anilines is 1. The van der Waals surface area contributed by atoms with Crippen molar-refractivity contribution in [1.82, 2.24) is 15.2 Å². The molecule has 0 atom stereocenters. The van der Waals surface area contributed by atoms with E-state index in [0.29, 0.717) is 53.9 Å². The SMILES string of the molecule is CCCCCCNC(=O)c1ccc(N2CCN(C(=O)c3ccc(Cl)cc3Cl)CC2)nc1. The van der Waals surface area contributed by atoms with Crippen molar-refractivity contribution < 1.29 is 9.59 Å². The number of nitrogens with one attached hydrogen (secondary N) is 1. The van der Waals surface area contributed by atoms with E-state index in [1.807, 2.05) is 6.07 Å². The lowest BCUT2D eigenvalue weighted by atomic mass is 10.1. The molecule has 31 heavy (non-hydrogen) atoms. The first kappa shape index (κ1) is 23.4. The van der Waals surface area contributed by atoms with Gasteiger partial charge in [-0.2, -0.15) is 0 Å². The Hall–Kier alpha value is -2.31. The summed E-state index contributed by atoms with van der Waals surface area (Å²) in [4.78, 5) is 33.4. The standard InChI is InChI=1S/C23H28Cl2N4O2/c1-2-3-4-5-10-26-22(30)17-6-9-21(27-16-17)28-11-13-29(14-12-28)23(31)19-8-7-18(24)15-20(19)25/h6-9,15-16H,2-5,10-14H2,1H3,(H,26,30). The van der Waals surface area contributed by atoms with Gasteiger partial charge >= 0.3 is 0 Å². The summed E-state index contributed by atoms with van der Waals surface area (Å²) in [6, 6.07) is 8.58. The first-order chi connectivity index (χ1) is 15.0. The molecule has 166 valence electrons. The van der Waals surface area contributed by atoms with Crippen LogP contribution in [0.2, 0.25) is 10.0 Å². The number of hydrogen-bond donors (Lipinski definition) is 1. The number of amides is 2. The van der Waals surface area contributed by atoms with E-state index in [4.69, 9.17) is 23.2 Å². The van der Waals surface area contributed by atoms with Gasteiger partial charge in [-0.25, -0.2) is 4.98 Å². The molecule has 1 N–H and O–H groups in total. The highest BCUT2D eigenvalue weighted by molar-refractivity contribution is 6.36. The summed E-state index contributed by atoms with van der Waals surface area (Å²) in [5.41, 5.74) is 1.02. The molecule has 2 aromatic rings. The minimum Gasteiger partial charge on any atom is -0.353 e. The molecular formula is C23H28Cl2N4O2. The van der Waals surface area contributed by atoms with Gasteiger partial charge in [-0.15, -0.1) is 0 Å². The van der Waals surface area contributed by atoms with Crippen LogP contribution in [-0.2, 0) is 0 Å². The van der Waals surface area contributed by atoms with Crippen molar-refractivity contribution in [3.8, 4) is 0 Å². The summed E-state index contributed by atoms with van der Waals surface area (Å²) >= 11 is 12.1. The Kier molecular flexibility index (Phi) is 8.55. The fourth-order valence-corrected chi connectivity index (χ4v) is 4.02. The number of halogens is 2. The van der Waals surface area contributed by atoms with Crippen molar-refractivity contribution in [2.24, 2.45) is 0 Å². The van der Waals surface area contributed by atoms with Crippen molar-refractivity contribution in [2.45, 2.75) is 32.6 Å². The average Bonchev–Trinajstić information content (AvgIpc) is 2.78. The Labute approximate surface area is 193 Å². The second-order valence-electron chi connectivity index (χ2n) is 7.63. The Morgan fingerprint density at radius 3 is 2.45 bits per heavy atom. The van der Waals surface area contributed by atoms with Gasteiger partial charge < -0.3 is 15.1 Å². The second kappa shape index (κ2) is 11.3. The number of nitrogens with zero attached hydrogens (tertiary/aromatic N) is 3. The first-order valence-corrected chi connectivity index (χ1v) is 11.5. The number of unbranched alkanes of at least 4 members (excludes halogenated alkanes) is 3. The maximum atomic E-state index is 12.8. The van der Waals surface area contributed by atoms with Crippen molar-refractivity contribution in [1.29, 1.82) is 0 Å². The second-order valence-corrected chi connectivity index (χ2v) is 8.47. The third kappa shape index (κ3) is 6.34. The van der Waals surface area contributed by atoms with E-state index in [2.05, 4.69) is 22.1 Å². The predicted octanol–water partition coefficient (Wildman–Crippen LogP) is 4.66. The number of aromatic nitrogens is 1. The van der Waals surface area contributed by atoms with Crippen LogP contribution in [-0.4, -0.2) is 54.4 Å². The van der Waals surface area contributed by atoms with Crippen molar-refractivity contribution >= 4 is 40.8 Å². The minimum atomic E-state index is -0.0970. The molecule has 0 saturated carbocycles. The van der Waals surface area contributed by atoms with Gasteiger partial charge in [0, 0.05) is 43.9 Å². The van der Waals surface area contributed by atoms with Gasteiger partial charge in [-0.05, 0) is 36.8 Å². The molecule has 0 unspecified atom stereocenters. The maximum Gasteiger partial charge on any atom is 0.255 e. The lowest BCUT2D eigenvalue weighted by molar-refractivity contribution is 0.0746. The molecule has 2 amide bonds. The molecule has 3 rings (SSSR count). The number of pyridine rings is 1. The quantitative estimate of drug-likeness (QED) is 0.579. The minimum absolute atomic E-state index is 0.0918. The fourth-order valence-electron chi connectivity index (χ4n) is 3.54. The van der Waals surface area contributed by atoms with Gasteiger partial charge in [0.05, 0.1) is 16.1 Å². The van der Waals surface area contributed by atoms with Gasteiger partial charge in [0.2, 0.25) is 0 Å². The maximum absolute atomic E-state index is 12.8. The molecule has 0 aliphatic carbocycles. The molecule has 1 aromatic heterocycles. The largest absolute Gasteiger partial charge is 0.353 e. The molecule has 1 aliphatic rings. The highest BCUT2D eigenvalue weighted by atomic mass is 35.5. The van der Waals surface area contributed by atoms with Crippen LogP contribution in [0.5, 0.6) is 0 Å². The molecule has 1 aliphatic heterocycles. The molecule has 0 radical (unpaired) electrons. The Bertz CT molecular complexity index is 897. The summed E-state index contributed by atoms with van der Waals surface area (Å²) in [6.45, 7) is 5.31. The summed E-state index contributed by atoms with van der Waals surface area (Å²) < 4.78 is 0. The Morgan fingerprint density at radius 2 is 1.81 bits per heavy atom. The molecule has 1 saturated heterocycles. The summed E-state index contributed by atoms with van der Waals surface area (Å²) in [7, 11) is 0. The van der Waals surface area contributed by atoms with E-state index in [1.165, 1.54) is 12.8 Å². The van der Waals surface area contributed by atoms with E-state index in [-0.39, 0.29) is 11.8 Å². The number of carbonyl (C=O) groups excluding carboxylic acids is 2. The van der Waals surface area contributed by atoms with E-state index >= 15 is 0 Å². The third-order valence-electron chi connectivity index (χ3n) is 5.38. The Balaban J connectivity index is 1.50. The van der Waals surface area contributed by atoms with Crippen LogP contribution in [0.25, 0.3) is 0 Å². The van der Waals surface area contributed by atoms with Crippen LogP contribution in [0.1, 0.15) is 53.3 Å². The summed E-state index contributed by atoms with van der Waals surface area (Å²) in [5.74, 6) is 0.613. The first-order valence-electron chi connectivity index (χ1n) is 10.7. The summed E-state index contributed by atoms with van der Waals surface area (Å²) in [6.07, 6.45) is 6.11. The smallest absolute Gasteiger partial charge is 0.255 e. The number of rotatable bonds is 8. The van der Waals surface area contributed by atoms with E-state index in [1.54, 1.807) is 35.4 Å². The van der Waals surface area contributed by atoms with Crippen molar-refractivity contribution in [3.63, 3.8) is 0 Å². The topological polar surface area (TPSA) is 65.5 Å². The van der Waals surface area contributed by atoms with Gasteiger partial charge in [0.25, 0.3) is 11.8 Å². The summed E-state index contributed by atoms with van der Waals surface area (Å²) in [5, 5.41) is 3.81. The van der Waals surface area contributed by atoms with Crippen LogP contribution in [0, 0.1) is 0 Å². The van der Waals surface area contributed by atoms with Gasteiger partial charge in [0.1, 0.15) is 5.82 Å². The molecule has 2 heterocycles. The molecular weight excluding hydrogens is 435 g/mol. The van der Waals surface area contributed by atoms with E-state index < -0.39 is 0 Å². The predicted molar refractivity (Wildman–Crippen MR) is 125 cm³/mol. The van der Waals surface area contributed by atoms with Crippen molar-refractivity contribution in [2.75, 3.05) is 37.6 Å². The third-order valence-corrected chi connectivity index (χ3v) is 5.93. The van der Waals surface area contributed by atoms with Gasteiger partial charge in [-0.1, -0.05) is 49.4 Å². The highest BCUT2D eigenvalue weighted by Gasteiger charge is 2.24. The molecule has 8 heteroatoms. The molecule has 0 bridgehead atoms. The monoisotopic (exact) mass is 462 g/mol. The zero-order chi connectivity index (χ0) is 22.2. The highest BCUT2D eigenvalue weighted by Crippen LogP contribution is 2.23. The Morgan fingerprint density at radius 1 is 1.03 bits per heavy atom. The van der Waals surface area contributed by atoms with Gasteiger partial charge in [0.15, 0.2) is 0 Å². The van der Waals surface area contributed by atoms with E-state index in [9.17, 15) is 9.59 Å². The number of piperazine rings is 1. The number of benzene rings is 1. The lowest BCUT2D eigenvalue weighted by Gasteiger charge is -2.35. The number of carbonyl (C=O) groups is 2. The molecule has 1 aromatic carbocycles. The molecule has 0 spiro atoms. The molecule has 6 nitrogen and oxygen atoms in total. The lowest BCUT2D eigenvalue weighted by Crippen LogP contribution is -2.49. The van der Waals surface area contributed by atoms with Crippen LogP contribution < -0.4 is 10.2 Å². The average molecular weight is 463 g/mol. The fraction of sp³-hybridized carbons (Fsp3) is 0.435. The van der Waals surface area contributed by atoms with Crippen LogP contribution in [0.3, 0.4) is 0 Å². The van der Waals surface area contributed by atoms with Gasteiger partial charge in [-0.3, -0.25) is 9.59 Å². The zero-order valence-corrected chi connectivity index (χ0v) is 19.3. The van der Waals surface area contributed by atoms with E-state index in [0.717, 1.165) is 18.7 Å². The number of hydrogen-bond acceptors (Lipinski definition) is 4. The van der Waals surface area contributed by atoms with Crippen LogP contribution in [0.15, 0.2) is 36.5 Å².